The lowest BCUT2D eigenvalue weighted by molar-refractivity contribution is -0.132. The lowest BCUT2D eigenvalue weighted by atomic mass is 9.92. The standard InChI is InChI=1S/C51H59N11O10/c1-5-61-41(26-37(59-61)31-11-12-31)56-47-45-35-23-28(2)34(43-29(3)60-72-30(43)4)25-38(35)55-46(45)57-48(58-47)49(66)53-16-8-18-70-20-22-71-21-19-69-17-7-15-52-42(65)27-54-36-10-6-9-33-44(36)51(68)62(50(33)67)39-14-13-32(63)24-40(39)64/h6,9-10,23,25-26,31,39,54H,5,7-8,11-22,24,27H2,1-4H3,(H,52,65)(H,53,66)(H2,55,56,57,58). The van der Waals surface area contributed by atoms with Gasteiger partial charge in [0.05, 0.1) is 73.3 Å². The van der Waals surface area contributed by atoms with E-state index < -0.39 is 29.5 Å². The highest BCUT2D eigenvalue weighted by molar-refractivity contribution is 6.26. The summed E-state index contributed by atoms with van der Waals surface area (Å²) in [6, 6.07) is 9.98. The van der Waals surface area contributed by atoms with Crippen molar-refractivity contribution >= 4 is 74.5 Å². The molecule has 1 unspecified atom stereocenters. The second-order valence-corrected chi connectivity index (χ2v) is 18.3. The van der Waals surface area contributed by atoms with Crippen LogP contribution in [-0.2, 0) is 35.1 Å². The van der Waals surface area contributed by atoms with Crippen LogP contribution in [0.1, 0.15) is 112 Å². The summed E-state index contributed by atoms with van der Waals surface area (Å²) < 4.78 is 24.4. The van der Waals surface area contributed by atoms with Crippen molar-refractivity contribution in [3.63, 3.8) is 0 Å². The minimum absolute atomic E-state index is 0.0230. The van der Waals surface area contributed by atoms with Gasteiger partial charge in [0.1, 0.15) is 28.8 Å². The molecule has 2 aromatic carbocycles. The Hall–Kier alpha value is -7.36. The monoisotopic (exact) mass is 985 g/mol. The maximum Gasteiger partial charge on any atom is 0.289 e. The predicted octanol–water partition coefficient (Wildman–Crippen LogP) is 5.60. The minimum Gasteiger partial charge on any atom is -0.379 e. The lowest BCUT2D eigenvalue weighted by Crippen LogP contribution is -2.47. The van der Waals surface area contributed by atoms with Gasteiger partial charge in [-0.2, -0.15) is 5.10 Å². The third-order valence-corrected chi connectivity index (χ3v) is 13.1. The number of hydrogen-bond acceptors (Lipinski definition) is 16. The van der Waals surface area contributed by atoms with Gasteiger partial charge < -0.3 is 45.0 Å². The first-order valence-electron chi connectivity index (χ1n) is 24.6. The van der Waals surface area contributed by atoms with Gasteiger partial charge in [0.15, 0.2) is 5.78 Å². The summed E-state index contributed by atoms with van der Waals surface area (Å²) in [7, 11) is 0. The number of H-pyrrole nitrogens is 1. The molecular weight excluding hydrogens is 927 g/mol. The Morgan fingerprint density at radius 1 is 0.847 bits per heavy atom. The highest BCUT2D eigenvalue weighted by atomic mass is 16.5. The molecule has 5 N–H and O–H groups in total. The van der Waals surface area contributed by atoms with Gasteiger partial charge in [0.25, 0.3) is 17.7 Å². The van der Waals surface area contributed by atoms with Crippen LogP contribution >= 0.6 is 0 Å². The predicted molar refractivity (Wildman–Crippen MR) is 264 cm³/mol. The number of nitrogens with one attached hydrogen (secondary N) is 5. The number of fused-ring (bicyclic) bond motifs is 4. The summed E-state index contributed by atoms with van der Waals surface area (Å²) in [5.74, 6) is -0.0485. The van der Waals surface area contributed by atoms with Crippen LogP contribution < -0.4 is 21.3 Å². The average molecular weight is 986 g/mol. The maximum absolute atomic E-state index is 13.6. The van der Waals surface area contributed by atoms with Crippen molar-refractivity contribution in [2.45, 2.75) is 91.1 Å². The van der Waals surface area contributed by atoms with Gasteiger partial charge in [-0.15, -0.1) is 0 Å². The van der Waals surface area contributed by atoms with Crippen molar-refractivity contribution in [3.05, 3.63) is 76.1 Å². The topological polar surface area (TPSA) is 267 Å². The fraction of sp³-hybridized carbons (Fsp3) is 0.451. The van der Waals surface area contributed by atoms with Crippen molar-refractivity contribution in [2.75, 3.05) is 69.9 Å². The van der Waals surface area contributed by atoms with Gasteiger partial charge in [-0.25, -0.2) is 14.6 Å². The molecule has 1 aliphatic heterocycles. The summed E-state index contributed by atoms with van der Waals surface area (Å²) in [4.78, 5) is 90.6. The first-order valence-corrected chi connectivity index (χ1v) is 24.6. The fourth-order valence-corrected chi connectivity index (χ4v) is 9.26. The summed E-state index contributed by atoms with van der Waals surface area (Å²) in [5, 5.41) is 22.9. The van der Waals surface area contributed by atoms with Crippen LogP contribution in [-0.4, -0.2) is 135 Å². The number of hydrogen-bond donors (Lipinski definition) is 5. The number of carbonyl (C=O) groups excluding carboxylic acids is 6. The molecule has 4 amide bonds. The fourth-order valence-electron chi connectivity index (χ4n) is 9.26. The van der Waals surface area contributed by atoms with E-state index in [0.717, 1.165) is 73.7 Å². The van der Waals surface area contributed by atoms with Crippen molar-refractivity contribution in [1.29, 1.82) is 0 Å². The Balaban J connectivity index is 0.670. The zero-order valence-corrected chi connectivity index (χ0v) is 40.9. The number of carbonyl (C=O) groups is 6. The molecule has 21 nitrogen and oxygen atoms in total. The zero-order chi connectivity index (χ0) is 50.5. The number of imide groups is 1. The van der Waals surface area contributed by atoms with E-state index >= 15 is 0 Å². The van der Waals surface area contributed by atoms with Crippen molar-refractivity contribution in [3.8, 4) is 11.1 Å². The van der Waals surface area contributed by atoms with E-state index in [4.69, 9.17) is 33.8 Å². The van der Waals surface area contributed by atoms with Crippen LogP contribution in [0, 0.1) is 20.8 Å². The van der Waals surface area contributed by atoms with Crippen LogP contribution in [0.4, 0.5) is 17.3 Å². The number of nitrogens with zero attached hydrogens (tertiary/aromatic N) is 6. The van der Waals surface area contributed by atoms with Crippen LogP contribution in [0.15, 0.2) is 40.9 Å². The van der Waals surface area contributed by atoms with Crippen LogP contribution in [0.5, 0.6) is 0 Å². The average Bonchev–Trinajstić information content (AvgIpc) is 3.82. The van der Waals surface area contributed by atoms with Crippen LogP contribution in [0.3, 0.4) is 0 Å². The number of ether oxygens (including phenoxy) is 3. The van der Waals surface area contributed by atoms with Crippen molar-refractivity contribution in [1.82, 2.24) is 45.4 Å². The van der Waals surface area contributed by atoms with Crippen LogP contribution in [0.2, 0.25) is 0 Å². The van der Waals surface area contributed by atoms with Gasteiger partial charge >= 0.3 is 0 Å². The number of aromatic nitrogens is 6. The molecule has 2 saturated carbocycles. The van der Waals surface area contributed by atoms with E-state index in [-0.39, 0.29) is 54.4 Å². The third-order valence-electron chi connectivity index (χ3n) is 13.1. The van der Waals surface area contributed by atoms with Gasteiger partial charge in [-0.1, -0.05) is 11.2 Å². The Bertz CT molecular complexity index is 3040. The van der Waals surface area contributed by atoms with Crippen LogP contribution in [0.25, 0.3) is 33.1 Å². The summed E-state index contributed by atoms with van der Waals surface area (Å²) in [6.07, 6.45) is 3.33. The molecular formula is C51H59N11O10. The van der Waals surface area contributed by atoms with E-state index in [1.54, 1.807) is 12.1 Å². The molecule has 1 atom stereocenters. The number of aryl methyl sites for hydroxylation is 4. The quantitative estimate of drug-likeness (QED) is 0.0281. The van der Waals surface area contributed by atoms with Gasteiger partial charge in [-0.05, 0) is 95.2 Å². The Morgan fingerprint density at radius 2 is 1.58 bits per heavy atom. The Kier molecular flexibility index (Phi) is 15.1. The first-order chi connectivity index (χ1) is 34.9. The molecule has 0 bridgehead atoms. The molecule has 378 valence electrons. The molecule has 0 saturated heterocycles. The Labute approximate surface area is 414 Å². The summed E-state index contributed by atoms with van der Waals surface area (Å²) in [5.41, 5.74) is 6.76. The van der Waals surface area contributed by atoms with E-state index in [1.807, 2.05) is 25.5 Å². The highest BCUT2D eigenvalue weighted by Gasteiger charge is 2.45. The maximum atomic E-state index is 13.6. The third kappa shape index (κ3) is 10.8. The molecule has 2 fully saturated rings. The molecule has 9 rings (SSSR count). The second-order valence-electron chi connectivity index (χ2n) is 18.3. The van der Waals surface area contributed by atoms with Crippen molar-refractivity contribution in [2.24, 2.45) is 0 Å². The molecule has 2 aliphatic carbocycles. The number of rotatable bonds is 24. The van der Waals surface area contributed by atoms with Crippen molar-refractivity contribution < 1.29 is 47.5 Å². The van der Waals surface area contributed by atoms with Gasteiger partial charge in [-0.3, -0.25) is 33.7 Å². The molecule has 0 radical (unpaired) electrons. The minimum atomic E-state index is -0.970. The smallest absolute Gasteiger partial charge is 0.289 e. The molecule has 3 aliphatic rings. The normalized spacial score (nSPS) is 15.8. The summed E-state index contributed by atoms with van der Waals surface area (Å²) >= 11 is 0. The van der Waals surface area contributed by atoms with E-state index in [2.05, 4.69) is 56.5 Å². The molecule has 0 spiro atoms. The largest absolute Gasteiger partial charge is 0.379 e. The number of aromatic amines is 1. The summed E-state index contributed by atoms with van der Waals surface area (Å²) in [6.45, 7) is 11.4. The zero-order valence-electron chi connectivity index (χ0n) is 40.9. The number of amides is 4. The van der Waals surface area contributed by atoms with Gasteiger partial charge in [0.2, 0.25) is 11.7 Å². The van der Waals surface area contributed by atoms with Gasteiger partial charge in [0, 0.05) is 73.4 Å². The lowest BCUT2D eigenvalue weighted by Gasteiger charge is -2.27. The number of benzene rings is 2. The molecule has 21 heteroatoms. The number of Topliss-reactive ketones (excluding diaryl/α,β-unsaturated/α-hetero) is 2. The molecule has 6 aromatic rings. The Morgan fingerprint density at radius 3 is 2.28 bits per heavy atom. The number of ketones is 2. The second kappa shape index (κ2) is 22.0. The molecule has 72 heavy (non-hydrogen) atoms. The first kappa shape index (κ1) is 49.6. The molecule has 5 heterocycles. The van der Waals surface area contributed by atoms with E-state index in [0.29, 0.717) is 95.2 Å². The highest BCUT2D eigenvalue weighted by Crippen LogP contribution is 2.42. The van der Waals surface area contributed by atoms with E-state index in [9.17, 15) is 28.8 Å². The SMILES string of the molecule is CCn1nc(C2CC2)cc1Nc1nc(C(=O)NCCCOCCOCCOCCCNC(=O)CNc2cccc3c2C(=O)N(C2CCC(=O)CC2=O)C3=O)nc2[nH]c3cc(-c4c(C)noc4C)c(C)cc3c12. The molecule has 4 aromatic heterocycles. The number of anilines is 3. The van der Waals surface area contributed by atoms with E-state index in [1.165, 1.54) is 6.07 Å².